The van der Waals surface area contributed by atoms with Gasteiger partial charge in [0.2, 0.25) is 0 Å². The van der Waals surface area contributed by atoms with Gasteiger partial charge in [0.15, 0.2) is 5.11 Å². The number of hydrogen-bond acceptors (Lipinski definition) is 5. The number of anilines is 2. The van der Waals surface area contributed by atoms with Crippen LogP contribution in [0.15, 0.2) is 71.6 Å². The number of rotatable bonds is 7. The van der Waals surface area contributed by atoms with Crippen LogP contribution < -0.4 is 20.1 Å². The molecule has 0 saturated carbocycles. The Morgan fingerprint density at radius 2 is 1.55 bits per heavy atom. The molecule has 0 atom stereocenters. The highest BCUT2D eigenvalue weighted by atomic mass is 32.2. The molecule has 0 aromatic heterocycles. The van der Waals surface area contributed by atoms with E-state index in [4.69, 9.17) is 17.0 Å². The number of carbonyl (C=O) groups excluding carboxylic acids is 1. The van der Waals surface area contributed by atoms with Gasteiger partial charge < -0.3 is 10.1 Å². The van der Waals surface area contributed by atoms with Gasteiger partial charge in [-0.1, -0.05) is 18.2 Å². The van der Waals surface area contributed by atoms with E-state index in [2.05, 4.69) is 15.4 Å². The van der Waals surface area contributed by atoms with Crippen LogP contribution in [0, 0.1) is 13.8 Å². The number of nitrogens with one attached hydrogen (secondary N) is 3. The Labute approximate surface area is 199 Å². The monoisotopic (exact) mass is 483 g/mol. The Morgan fingerprint density at radius 3 is 2.12 bits per heavy atom. The number of thiocarbonyl (C=S) groups is 1. The van der Waals surface area contributed by atoms with Crippen LogP contribution in [0.25, 0.3) is 0 Å². The van der Waals surface area contributed by atoms with Crippen LogP contribution in [0.4, 0.5) is 11.4 Å². The summed E-state index contributed by atoms with van der Waals surface area (Å²) < 4.78 is 33.6. The molecule has 0 spiro atoms. The highest BCUT2D eigenvalue weighted by Crippen LogP contribution is 2.24. The van der Waals surface area contributed by atoms with Gasteiger partial charge in [0, 0.05) is 11.3 Å². The summed E-state index contributed by atoms with van der Waals surface area (Å²) in [4.78, 5) is 12.5. The van der Waals surface area contributed by atoms with Gasteiger partial charge in [0.05, 0.1) is 17.2 Å². The summed E-state index contributed by atoms with van der Waals surface area (Å²) in [6.45, 7) is 6.12. The summed E-state index contributed by atoms with van der Waals surface area (Å²) in [6, 6.07) is 18.4. The van der Waals surface area contributed by atoms with Crippen LogP contribution in [0.5, 0.6) is 5.75 Å². The maximum absolute atomic E-state index is 12.8. The van der Waals surface area contributed by atoms with Crippen molar-refractivity contribution in [2.75, 3.05) is 16.6 Å². The lowest BCUT2D eigenvalue weighted by molar-refractivity contribution is 0.0977. The van der Waals surface area contributed by atoms with Crippen LogP contribution in [0.2, 0.25) is 0 Å². The van der Waals surface area contributed by atoms with Gasteiger partial charge in [-0.3, -0.25) is 14.8 Å². The van der Waals surface area contributed by atoms with Gasteiger partial charge >= 0.3 is 0 Å². The Morgan fingerprint density at radius 1 is 0.939 bits per heavy atom. The predicted octanol–water partition coefficient (Wildman–Crippen LogP) is 4.63. The molecule has 0 aliphatic rings. The number of hydrogen-bond donors (Lipinski definition) is 3. The molecule has 0 unspecified atom stereocenters. The minimum Gasteiger partial charge on any atom is -0.494 e. The number of sulfonamides is 1. The van der Waals surface area contributed by atoms with E-state index in [-0.39, 0.29) is 15.9 Å². The first kappa shape index (κ1) is 24.2. The van der Waals surface area contributed by atoms with Gasteiger partial charge in [-0.05, 0) is 92.6 Å². The van der Waals surface area contributed by atoms with E-state index in [1.54, 1.807) is 36.4 Å². The topological polar surface area (TPSA) is 96.5 Å². The molecule has 0 heterocycles. The smallest absolute Gasteiger partial charge is 0.261 e. The zero-order valence-electron chi connectivity index (χ0n) is 18.5. The number of ether oxygens (including phenoxy) is 1. The largest absolute Gasteiger partial charge is 0.494 e. The molecular weight excluding hydrogens is 458 g/mol. The second-order valence-corrected chi connectivity index (χ2v) is 9.35. The highest BCUT2D eigenvalue weighted by molar-refractivity contribution is 7.92. The minimum atomic E-state index is -3.76. The Balaban J connectivity index is 1.62. The van der Waals surface area contributed by atoms with Gasteiger partial charge in [-0.2, -0.15) is 0 Å². The van der Waals surface area contributed by atoms with Crippen LogP contribution in [0.3, 0.4) is 0 Å². The van der Waals surface area contributed by atoms with Gasteiger partial charge in [0.1, 0.15) is 5.75 Å². The van der Waals surface area contributed by atoms with E-state index < -0.39 is 10.0 Å². The van der Waals surface area contributed by atoms with Crippen molar-refractivity contribution in [1.82, 2.24) is 5.32 Å². The average molecular weight is 484 g/mol. The zero-order chi connectivity index (χ0) is 24.0. The van der Waals surface area contributed by atoms with Crippen molar-refractivity contribution in [2.45, 2.75) is 25.7 Å². The van der Waals surface area contributed by atoms with E-state index in [9.17, 15) is 13.2 Å². The second-order valence-electron chi connectivity index (χ2n) is 7.26. The Kier molecular flexibility index (Phi) is 7.67. The molecule has 0 aliphatic heterocycles. The molecule has 0 bridgehead atoms. The third kappa shape index (κ3) is 6.30. The summed E-state index contributed by atoms with van der Waals surface area (Å²) in [5.41, 5.74) is 3.22. The van der Waals surface area contributed by atoms with Crippen molar-refractivity contribution < 1.29 is 17.9 Å². The van der Waals surface area contributed by atoms with Crippen molar-refractivity contribution in [3.8, 4) is 5.75 Å². The third-order valence-electron chi connectivity index (χ3n) is 4.79. The van der Waals surface area contributed by atoms with Crippen LogP contribution in [0.1, 0.15) is 28.4 Å². The fourth-order valence-corrected chi connectivity index (χ4v) is 4.51. The Hall–Kier alpha value is -3.43. The normalized spacial score (nSPS) is 10.9. The maximum atomic E-state index is 12.8. The lowest BCUT2D eigenvalue weighted by atomic mass is 10.1. The molecule has 9 heteroatoms. The van der Waals surface area contributed by atoms with E-state index in [0.717, 1.165) is 11.1 Å². The predicted molar refractivity (Wildman–Crippen MR) is 134 cm³/mol. The molecule has 3 aromatic carbocycles. The number of aryl methyl sites for hydroxylation is 2. The molecule has 1 amide bonds. The average Bonchev–Trinajstić information content (AvgIpc) is 2.77. The first-order chi connectivity index (χ1) is 15.7. The summed E-state index contributed by atoms with van der Waals surface area (Å²) in [7, 11) is -3.76. The number of benzene rings is 3. The molecule has 3 aromatic rings. The Bertz CT molecular complexity index is 1240. The summed E-state index contributed by atoms with van der Waals surface area (Å²) >= 11 is 5.20. The first-order valence-corrected chi connectivity index (χ1v) is 12.1. The fourth-order valence-electron chi connectivity index (χ4n) is 3.09. The first-order valence-electron chi connectivity index (χ1n) is 10.2. The van der Waals surface area contributed by atoms with Crippen molar-refractivity contribution >= 4 is 44.6 Å². The highest BCUT2D eigenvalue weighted by Gasteiger charge is 2.16. The van der Waals surface area contributed by atoms with E-state index in [1.807, 2.05) is 39.0 Å². The lowest BCUT2D eigenvalue weighted by Gasteiger charge is -2.14. The standard InChI is InChI=1S/C24H25N3O4S2/c1-4-31-20-12-8-18(9-13-20)23(28)26-24(32)25-19-10-14-21(15-11-19)33(29,30)27-22-16(2)6-5-7-17(22)3/h5-15,27H,4H2,1-3H3,(H2,25,26,28,32). The number of para-hydroxylation sites is 1. The molecule has 0 aliphatic carbocycles. The summed E-state index contributed by atoms with van der Waals surface area (Å²) in [6.07, 6.45) is 0. The van der Waals surface area contributed by atoms with E-state index in [1.165, 1.54) is 12.1 Å². The SMILES string of the molecule is CCOc1ccc(C(=O)NC(=S)Nc2ccc(S(=O)(=O)Nc3c(C)cccc3C)cc2)cc1. The third-order valence-corrected chi connectivity index (χ3v) is 6.36. The van der Waals surface area contributed by atoms with E-state index in [0.29, 0.717) is 29.3 Å². The molecule has 0 fully saturated rings. The van der Waals surface area contributed by atoms with Crippen molar-refractivity contribution in [3.63, 3.8) is 0 Å². The van der Waals surface area contributed by atoms with Crippen LogP contribution in [-0.4, -0.2) is 26.0 Å². The van der Waals surface area contributed by atoms with Gasteiger partial charge in [-0.25, -0.2) is 8.42 Å². The molecule has 3 rings (SSSR count). The minimum absolute atomic E-state index is 0.0955. The molecule has 33 heavy (non-hydrogen) atoms. The molecule has 3 N–H and O–H groups in total. The molecule has 0 saturated heterocycles. The number of amides is 1. The summed E-state index contributed by atoms with van der Waals surface area (Å²) in [5.74, 6) is 0.310. The maximum Gasteiger partial charge on any atom is 0.261 e. The molecule has 7 nitrogen and oxygen atoms in total. The van der Waals surface area contributed by atoms with Crippen LogP contribution in [-0.2, 0) is 10.0 Å². The van der Waals surface area contributed by atoms with Gasteiger partial charge in [-0.15, -0.1) is 0 Å². The van der Waals surface area contributed by atoms with Gasteiger partial charge in [0.25, 0.3) is 15.9 Å². The molecule has 172 valence electrons. The van der Waals surface area contributed by atoms with Crippen molar-refractivity contribution in [1.29, 1.82) is 0 Å². The fraction of sp³-hybridized carbons (Fsp3) is 0.167. The summed E-state index contributed by atoms with van der Waals surface area (Å²) in [5, 5.41) is 5.57. The van der Waals surface area contributed by atoms with Crippen molar-refractivity contribution in [2.24, 2.45) is 0 Å². The second kappa shape index (κ2) is 10.5. The molecule has 0 radical (unpaired) electrons. The zero-order valence-corrected chi connectivity index (χ0v) is 20.1. The number of carbonyl (C=O) groups is 1. The molecular formula is C24H25N3O4S2. The quantitative estimate of drug-likeness (QED) is 0.424. The van der Waals surface area contributed by atoms with Crippen LogP contribution >= 0.6 is 12.2 Å². The lowest BCUT2D eigenvalue weighted by Crippen LogP contribution is -2.34. The van der Waals surface area contributed by atoms with Crippen molar-refractivity contribution in [3.05, 3.63) is 83.4 Å². The van der Waals surface area contributed by atoms with E-state index >= 15 is 0 Å².